The van der Waals surface area contributed by atoms with Crippen LogP contribution in [0.4, 0.5) is 21.6 Å². The minimum atomic E-state index is -0.289. The number of nitrogens with zero attached hydrogens (tertiary/aromatic N) is 1. The summed E-state index contributed by atoms with van der Waals surface area (Å²) in [6.07, 6.45) is 1.68. The van der Waals surface area contributed by atoms with Crippen LogP contribution in [-0.4, -0.2) is 4.98 Å². The molecule has 1 aromatic heterocycles. The maximum Gasteiger partial charge on any atom is 0.153 e. The Morgan fingerprint density at radius 1 is 1.28 bits per heavy atom. The number of nitrogens with one attached hydrogen (secondary N) is 1. The van der Waals surface area contributed by atoms with Crippen molar-refractivity contribution in [2.75, 3.05) is 11.1 Å². The van der Waals surface area contributed by atoms with Crippen molar-refractivity contribution in [1.29, 1.82) is 0 Å². The van der Waals surface area contributed by atoms with Gasteiger partial charge in [-0.05, 0) is 59.1 Å². The average molecular weight is 310 g/mol. The first-order chi connectivity index (χ1) is 8.49. The fourth-order valence-corrected chi connectivity index (χ4v) is 1.92. The SMILES string of the molecule is Cc1cc(F)c(Br)cc1Nc1nccc(C)c1N. The molecule has 0 radical (unpaired) electrons. The van der Waals surface area contributed by atoms with E-state index in [4.69, 9.17) is 5.73 Å². The van der Waals surface area contributed by atoms with Gasteiger partial charge in [-0.3, -0.25) is 0 Å². The van der Waals surface area contributed by atoms with Crippen LogP contribution in [0.1, 0.15) is 11.1 Å². The molecule has 0 bridgehead atoms. The first-order valence-corrected chi connectivity index (χ1v) is 6.22. The van der Waals surface area contributed by atoms with Crippen LogP contribution in [-0.2, 0) is 0 Å². The summed E-state index contributed by atoms with van der Waals surface area (Å²) < 4.78 is 13.7. The fraction of sp³-hybridized carbons (Fsp3) is 0.154. The van der Waals surface area contributed by atoms with Gasteiger partial charge in [-0.15, -0.1) is 0 Å². The molecular formula is C13H13BrFN3. The predicted molar refractivity (Wildman–Crippen MR) is 75.5 cm³/mol. The highest BCUT2D eigenvalue weighted by atomic mass is 79.9. The van der Waals surface area contributed by atoms with Crippen molar-refractivity contribution < 1.29 is 4.39 Å². The minimum Gasteiger partial charge on any atom is -0.396 e. The second-order valence-electron chi connectivity index (χ2n) is 4.10. The maximum absolute atomic E-state index is 13.3. The van der Waals surface area contributed by atoms with E-state index in [0.29, 0.717) is 16.0 Å². The lowest BCUT2D eigenvalue weighted by molar-refractivity contribution is 0.620. The van der Waals surface area contributed by atoms with Gasteiger partial charge in [0.2, 0.25) is 0 Å². The summed E-state index contributed by atoms with van der Waals surface area (Å²) >= 11 is 3.16. The topological polar surface area (TPSA) is 50.9 Å². The Morgan fingerprint density at radius 2 is 2.00 bits per heavy atom. The van der Waals surface area contributed by atoms with Gasteiger partial charge in [0.25, 0.3) is 0 Å². The van der Waals surface area contributed by atoms with Crippen molar-refractivity contribution in [2.45, 2.75) is 13.8 Å². The average Bonchev–Trinajstić information content (AvgIpc) is 2.32. The lowest BCUT2D eigenvalue weighted by Crippen LogP contribution is -2.02. The number of hydrogen-bond acceptors (Lipinski definition) is 3. The molecule has 5 heteroatoms. The summed E-state index contributed by atoms with van der Waals surface area (Å²) in [6.45, 7) is 3.74. The predicted octanol–water partition coefficient (Wildman–Crippen LogP) is 3.93. The molecule has 2 rings (SSSR count). The number of pyridine rings is 1. The Balaban J connectivity index is 2.40. The third-order valence-electron chi connectivity index (χ3n) is 2.73. The molecule has 94 valence electrons. The number of anilines is 3. The van der Waals surface area contributed by atoms with Crippen molar-refractivity contribution in [3.05, 3.63) is 45.8 Å². The van der Waals surface area contributed by atoms with Crippen LogP contribution < -0.4 is 11.1 Å². The molecule has 0 aliphatic rings. The van der Waals surface area contributed by atoms with Gasteiger partial charge in [-0.2, -0.15) is 0 Å². The van der Waals surface area contributed by atoms with Crippen molar-refractivity contribution >= 4 is 33.1 Å². The van der Waals surface area contributed by atoms with Crippen LogP contribution in [0.2, 0.25) is 0 Å². The summed E-state index contributed by atoms with van der Waals surface area (Å²) in [6, 6.07) is 4.97. The second kappa shape index (κ2) is 4.94. The third kappa shape index (κ3) is 2.46. The molecule has 2 aromatic rings. The molecule has 0 aliphatic heterocycles. The molecule has 0 unspecified atom stereocenters. The third-order valence-corrected chi connectivity index (χ3v) is 3.34. The lowest BCUT2D eigenvalue weighted by atomic mass is 10.2. The second-order valence-corrected chi connectivity index (χ2v) is 4.95. The molecule has 1 aromatic carbocycles. The van der Waals surface area contributed by atoms with E-state index < -0.39 is 0 Å². The Kier molecular flexibility index (Phi) is 3.52. The van der Waals surface area contributed by atoms with E-state index in [9.17, 15) is 4.39 Å². The van der Waals surface area contributed by atoms with E-state index in [1.165, 1.54) is 6.07 Å². The number of aryl methyl sites for hydroxylation is 2. The van der Waals surface area contributed by atoms with Gasteiger partial charge in [0.05, 0.1) is 10.2 Å². The van der Waals surface area contributed by atoms with Crippen LogP contribution in [0.3, 0.4) is 0 Å². The number of nitrogens with two attached hydrogens (primary N) is 1. The van der Waals surface area contributed by atoms with E-state index in [0.717, 1.165) is 16.8 Å². The van der Waals surface area contributed by atoms with Crippen LogP contribution >= 0.6 is 15.9 Å². The smallest absolute Gasteiger partial charge is 0.153 e. The molecule has 3 N–H and O–H groups in total. The Bertz CT molecular complexity index is 599. The number of hydrogen-bond donors (Lipinski definition) is 2. The van der Waals surface area contributed by atoms with Gasteiger partial charge in [0, 0.05) is 11.9 Å². The van der Waals surface area contributed by atoms with Gasteiger partial charge < -0.3 is 11.1 Å². The van der Waals surface area contributed by atoms with E-state index >= 15 is 0 Å². The number of benzene rings is 1. The highest BCUT2D eigenvalue weighted by molar-refractivity contribution is 9.10. The van der Waals surface area contributed by atoms with Crippen LogP contribution in [0.5, 0.6) is 0 Å². The van der Waals surface area contributed by atoms with Gasteiger partial charge in [-0.25, -0.2) is 9.37 Å². The Labute approximate surface area is 113 Å². The van der Waals surface area contributed by atoms with Crippen molar-refractivity contribution in [2.24, 2.45) is 0 Å². The summed E-state index contributed by atoms with van der Waals surface area (Å²) in [7, 11) is 0. The van der Waals surface area contributed by atoms with Crippen molar-refractivity contribution in [3.63, 3.8) is 0 Å². The zero-order chi connectivity index (χ0) is 13.3. The van der Waals surface area contributed by atoms with Gasteiger partial charge in [0.15, 0.2) is 5.82 Å². The molecule has 0 saturated carbocycles. The van der Waals surface area contributed by atoms with E-state index in [1.54, 1.807) is 12.3 Å². The quantitative estimate of drug-likeness (QED) is 0.884. The number of nitrogen functional groups attached to an aromatic ring is 1. The largest absolute Gasteiger partial charge is 0.396 e. The summed E-state index contributed by atoms with van der Waals surface area (Å²) in [4.78, 5) is 4.18. The summed E-state index contributed by atoms with van der Waals surface area (Å²) in [5, 5.41) is 3.12. The summed E-state index contributed by atoms with van der Waals surface area (Å²) in [5.74, 6) is 0.292. The monoisotopic (exact) mass is 309 g/mol. The molecule has 1 heterocycles. The minimum absolute atomic E-state index is 0.289. The van der Waals surface area contributed by atoms with E-state index in [2.05, 4.69) is 26.2 Å². The number of aromatic nitrogens is 1. The van der Waals surface area contributed by atoms with Crippen LogP contribution in [0.25, 0.3) is 0 Å². The first-order valence-electron chi connectivity index (χ1n) is 5.43. The molecule has 18 heavy (non-hydrogen) atoms. The van der Waals surface area contributed by atoms with Crippen molar-refractivity contribution in [1.82, 2.24) is 4.98 Å². The van der Waals surface area contributed by atoms with Crippen LogP contribution in [0.15, 0.2) is 28.9 Å². The lowest BCUT2D eigenvalue weighted by Gasteiger charge is -2.12. The van der Waals surface area contributed by atoms with E-state index in [-0.39, 0.29) is 5.82 Å². The molecule has 0 fully saturated rings. The molecule has 0 amide bonds. The van der Waals surface area contributed by atoms with Crippen LogP contribution in [0, 0.1) is 19.7 Å². The molecule has 0 atom stereocenters. The standard InChI is InChI=1S/C13H13BrFN3/c1-7-3-4-17-13(12(7)16)18-11-6-9(14)10(15)5-8(11)2/h3-6H,16H2,1-2H3,(H,17,18). The zero-order valence-electron chi connectivity index (χ0n) is 10.1. The fourth-order valence-electron chi connectivity index (χ4n) is 1.58. The van der Waals surface area contributed by atoms with Gasteiger partial charge >= 0.3 is 0 Å². The Morgan fingerprint density at radius 3 is 2.72 bits per heavy atom. The van der Waals surface area contributed by atoms with Gasteiger partial charge in [-0.1, -0.05) is 0 Å². The first kappa shape index (κ1) is 12.8. The molecular weight excluding hydrogens is 297 g/mol. The molecule has 0 saturated heterocycles. The highest BCUT2D eigenvalue weighted by Crippen LogP contribution is 2.29. The molecule has 3 nitrogen and oxygen atoms in total. The maximum atomic E-state index is 13.3. The van der Waals surface area contributed by atoms with Gasteiger partial charge in [0.1, 0.15) is 5.82 Å². The Hall–Kier alpha value is -1.62. The zero-order valence-corrected chi connectivity index (χ0v) is 11.7. The normalized spacial score (nSPS) is 10.4. The number of halogens is 2. The van der Waals surface area contributed by atoms with E-state index in [1.807, 2.05) is 19.9 Å². The molecule has 0 aliphatic carbocycles. The van der Waals surface area contributed by atoms with Crippen molar-refractivity contribution in [3.8, 4) is 0 Å². The molecule has 0 spiro atoms. The highest BCUT2D eigenvalue weighted by Gasteiger charge is 2.08. The summed E-state index contributed by atoms with van der Waals surface area (Å²) in [5.41, 5.74) is 9.04. The number of rotatable bonds is 2.